The zero-order valence-electron chi connectivity index (χ0n) is 10.1. The Morgan fingerprint density at radius 2 is 1.89 bits per heavy atom. The van der Waals surface area contributed by atoms with E-state index in [1.807, 2.05) is 0 Å². The van der Waals surface area contributed by atoms with Crippen molar-refractivity contribution in [3.8, 4) is 11.5 Å². The van der Waals surface area contributed by atoms with E-state index in [4.69, 9.17) is 5.11 Å². The van der Waals surface area contributed by atoms with Crippen LogP contribution in [0, 0.1) is 0 Å². The predicted octanol–water partition coefficient (Wildman–Crippen LogP) is 1.08. The molecule has 0 aromatic heterocycles. The van der Waals surface area contributed by atoms with Crippen LogP contribution in [0.25, 0.3) is 0 Å². The van der Waals surface area contributed by atoms with E-state index in [0.29, 0.717) is 0 Å². The summed E-state index contributed by atoms with van der Waals surface area (Å²) in [4.78, 5) is 22.5. The molecule has 1 aromatic carbocycles. The largest absolute Gasteiger partial charge is 0.508 e. The molecule has 0 aliphatic rings. The van der Waals surface area contributed by atoms with Crippen molar-refractivity contribution in [1.29, 1.82) is 0 Å². The molecule has 4 N–H and O–H groups in total. The number of carbonyl (C=O) groups is 2. The fourth-order valence-corrected chi connectivity index (χ4v) is 1.50. The van der Waals surface area contributed by atoms with Gasteiger partial charge in [-0.1, -0.05) is 0 Å². The van der Waals surface area contributed by atoms with Gasteiger partial charge in [-0.3, -0.25) is 9.59 Å². The number of benzene rings is 1. The monoisotopic (exact) mass is 253 g/mol. The maximum atomic E-state index is 11.8. The molecule has 0 aliphatic carbocycles. The summed E-state index contributed by atoms with van der Waals surface area (Å²) in [6.07, 6.45) is -0.252. The normalized spacial score (nSPS) is 11.0. The van der Waals surface area contributed by atoms with Gasteiger partial charge in [-0.15, -0.1) is 0 Å². The van der Waals surface area contributed by atoms with Crippen molar-refractivity contribution in [3.63, 3.8) is 0 Å². The lowest BCUT2D eigenvalue weighted by Crippen LogP contribution is -2.44. The van der Waals surface area contributed by atoms with Crippen LogP contribution >= 0.6 is 0 Å². The number of phenolic OH excluding ortho intramolecular Hbond substituents is 2. The average Bonchev–Trinajstić information content (AvgIpc) is 2.18. The second kappa shape index (κ2) is 4.95. The lowest BCUT2D eigenvalue weighted by atomic mass is 10.00. The lowest BCUT2D eigenvalue weighted by Gasteiger charge is -2.24. The molecule has 18 heavy (non-hydrogen) atoms. The number of phenols is 2. The summed E-state index contributed by atoms with van der Waals surface area (Å²) in [5, 5.41) is 29.9. The highest BCUT2D eigenvalue weighted by Gasteiger charge is 2.25. The van der Waals surface area contributed by atoms with Gasteiger partial charge >= 0.3 is 5.97 Å². The van der Waals surface area contributed by atoms with Crippen molar-refractivity contribution < 1.29 is 24.9 Å². The van der Waals surface area contributed by atoms with Crippen molar-refractivity contribution in [3.05, 3.63) is 23.8 Å². The van der Waals surface area contributed by atoms with Crippen LogP contribution in [0.2, 0.25) is 0 Å². The molecule has 0 atom stereocenters. The first-order valence-corrected chi connectivity index (χ1v) is 5.27. The molecule has 1 aromatic rings. The molecule has 6 heteroatoms. The molecule has 0 heterocycles. The smallest absolute Gasteiger partial charge is 0.305 e. The minimum atomic E-state index is -1.04. The maximum absolute atomic E-state index is 11.8. The number of carboxylic acid groups (broad SMARTS) is 1. The second-order valence-corrected chi connectivity index (χ2v) is 4.61. The molecule has 0 fully saturated rings. The summed E-state index contributed by atoms with van der Waals surface area (Å²) >= 11 is 0. The fourth-order valence-electron chi connectivity index (χ4n) is 1.50. The molecule has 0 saturated heterocycles. The highest BCUT2D eigenvalue weighted by molar-refractivity contribution is 5.97. The Balaban J connectivity index is 2.88. The zero-order chi connectivity index (χ0) is 13.9. The molecule has 0 saturated carbocycles. The quantitative estimate of drug-likeness (QED) is 0.601. The Morgan fingerprint density at radius 1 is 1.28 bits per heavy atom. The maximum Gasteiger partial charge on any atom is 0.305 e. The number of amides is 1. The Kier molecular flexibility index (Phi) is 3.80. The molecule has 0 unspecified atom stereocenters. The minimum Gasteiger partial charge on any atom is -0.508 e. The van der Waals surface area contributed by atoms with Gasteiger partial charge in [-0.2, -0.15) is 0 Å². The number of rotatable bonds is 4. The predicted molar refractivity (Wildman–Crippen MR) is 63.6 cm³/mol. The summed E-state index contributed by atoms with van der Waals surface area (Å²) in [5.41, 5.74) is -1.06. The van der Waals surface area contributed by atoms with Crippen LogP contribution in [0.5, 0.6) is 11.5 Å². The first-order chi connectivity index (χ1) is 8.21. The van der Waals surface area contributed by atoms with Crippen molar-refractivity contribution in [2.75, 3.05) is 0 Å². The van der Waals surface area contributed by atoms with Gasteiger partial charge in [0.2, 0.25) is 0 Å². The Labute approximate surface area is 104 Å². The van der Waals surface area contributed by atoms with Crippen LogP contribution in [0.15, 0.2) is 18.2 Å². The van der Waals surface area contributed by atoms with E-state index >= 15 is 0 Å². The van der Waals surface area contributed by atoms with Gasteiger partial charge < -0.3 is 20.6 Å². The van der Waals surface area contributed by atoms with Crippen molar-refractivity contribution in [2.24, 2.45) is 0 Å². The summed E-state index contributed by atoms with van der Waals surface area (Å²) in [7, 11) is 0. The highest BCUT2D eigenvalue weighted by atomic mass is 16.4. The van der Waals surface area contributed by atoms with Crippen LogP contribution < -0.4 is 5.32 Å². The van der Waals surface area contributed by atoms with Gasteiger partial charge in [0.25, 0.3) is 5.91 Å². The van der Waals surface area contributed by atoms with E-state index in [2.05, 4.69) is 5.32 Å². The Bertz CT molecular complexity index is 481. The number of aromatic hydroxyl groups is 2. The molecule has 1 rings (SSSR count). The molecule has 0 radical (unpaired) electrons. The van der Waals surface area contributed by atoms with Gasteiger partial charge in [-0.25, -0.2) is 0 Å². The van der Waals surface area contributed by atoms with Gasteiger partial charge in [0, 0.05) is 5.54 Å². The number of nitrogens with one attached hydrogen (secondary N) is 1. The van der Waals surface area contributed by atoms with Gasteiger partial charge in [0.15, 0.2) is 0 Å². The molecule has 0 spiro atoms. The zero-order valence-corrected chi connectivity index (χ0v) is 10.1. The molecule has 0 aliphatic heterocycles. The third kappa shape index (κ3) is 3.65. The number of aliphatic carboxylic acids is 1. The van der Waals surface area contributed by atoms with Crippen LogP contribution in [0.1, 0.15) is 30.6 Å². The topological polar surface area (TPSA) is 107 Å². The summed E-state index contributed by atoms with van der Waals surface area (Å²) in [6.45, 7) is 3.11. The lowest BCUT2D eigenvalue weighted by molar-refractivity contribution is -0.138. The van der Waals surface area contributed by atoms with E-state index in [9.17, 15) is 19.8 Å². The SMILES string of the molecule is CC(C)(CC(=O)O)NC(=O)c1cc(O)ccc1O. The van der Waals surface area contributed by atoms with Crippen molar-refractivity contribution in [1.82, 2.24) is 5.32 Å². The van der Waals surface area contributed by atoms with Crippen LogP contribution in [0.4, 0.5) is 0 Å². The summed E-state index contributed by atoms with van der Waals surface area (Å²) in [6, 6.07) is 3.55. The van der Waals surface area contributed by atoms with E-state index < -0.39 is 17.4 Å². The van der Waals surface area contributed by atoms with Gasteiger partial charge in [0.1, 0.15) is 11.5 Å². The Hall–Kier alpha value is -2.24. The standard InChI is InChI=1S/C12H15NO5/c1-12(2,6-10(16)17)13-11(18)8-5-7(14)3-4-9(8)15/h3-5,14-15H,6H2,1-2H3,(H,13,18)(H,16,17). The Morgan fingerprint density at radius 3 is 2.44 bits per heavy atom. The summed E-state index contributed by atoms with van der Waals surface area (Å²) in [5.74, 6) is -2.12. The third-order valence-corrected chi connectivity index (χ3v) is 2.27. The number of hydrogen-bond acceptors (Lipinski definition) is 4. The van der Waals surface area contributed by atoms with Gasteiger partial charge in [-0.05, 0) is 32.0 Å². The molecular weight excluding hydrogens is 238 g/mol. The molecule has 0 bridgehead atoms. The molecule has 6 nitrogen and oxygen atoms in total. The summed E-state index contributed by atoms with van der Waals surface area (Å²) < 4.78 is 0. The van der Waals surface area contributed by atoms with Crippen LogP contribution in [0.3, 0.4) is 0 Å². The van der Waals surface area contributed by atoms with Crippen molar-refractivity contribution in [2.45, 2.75) is 25.8 Å². The number of carboxylic acids is 1. The van der Waals surface area contributed by atoms with E-state index in [0.717, 1.165) is 6.07 Å². The fraction of sp³-hybridized carbons (Fsp3) is 0.333. The third-order valence-electron chi connectivity index (χ3n) is 2.27. The molecular formula is C12H15NO5. The molecule has 1 amide bonds. The van der Waals surface area contributed by atoms with Crippen molar-refractivity contribution >= 4 is 11.9 Å². The van der Waals surface area contributed by atoms with Crippen LogP contribution in [-0.2, 0) is 4.79 Å². The first kappa shape index (κ1) is 13.8. The van der Waals surface area contributed by atoms with E-state index in [1.165, 1.54) is 12.1 Å². The average molecular weight is 253 g/mol. The van der Waals surface area contributed by atoms with E-state index in [-0.39, 0.29) is 23.5 Å². The van der Waals surface area contributed by atoms with E-state index in [1.54, 1.807) is 13.8 Å². The number of carbonyl (C=O) groups excluding carboxylic acids is 1. The minimum absolute atomic E-state index is 0.103. The first-order valence-electron chi connectivity index (χ1n) is 5.27. The number of hydrogen-bond donors (Lipinski definition) is 4. The highest BCUT2D eigenvalue weighted by Crippen LogP contribution is 2.22. The molecule has 98 valence electrons. The van der Waals surface area contributed by atoms with Gasteiger partial charge in [0.05, 0.1) is 12.0 Å². The van der Waals surface area contributed by atoms with Crippen LogP contribution in [-0.4, -0.2) is 32.7 Å². The second-order valence-electron chi connectivity index (χ2n) is 4.61.